The van der Waals surface area contributed by atoms with Crippen molar-refractivity contribution in [3.05, 3.63) is 47.8 Å². The van der Waals surface area contributed by atoms with E-state index in [0.717, 1.165) is 11.8 Å². The zero-order valence-corrected chi connectivity index (χ0v) is 8.54. The molecule has 2 rings (SSSR count). The first-order valence-electron chi connectivity index (χ1n) is 4.69. The lowest BCUT2D eigenvalue weighted by Crippen LogP contribution is -1.91. The standard InChI is InChI=1S/C12H9F2NO/c1-7-2-3-8(6-15-7)9-4-5-10(16)12(14)11(9)13/h2-6,16H,1H3. The van der Waals surface area contributed by atoms with E-state index < -0.39 is 17.4 Å². The minimum absolute atomic E-state index is 0.0859. The molecule has 0 fully saturated rings. The number of phenolic OH excluding ortho intramolecular Hbond substituents is 1. The summed E-state index contributed by atoms with van der Waals surface area (Å²) in [5, 5.41) is 8.98. The van der Waals surface area contributed by atoms with Crippen molar-refractivity contribution in [2.45, 2.75) is 6.92 Å². The number of aromatic nitrogens is 1. The number of benzene rings is 1. The van der Waals surface area contributed by atoms with E-state index >= 15 is 0 Å². The Hall–Kier alpha value is -1.97. The van der Waals surface area contributed by atoms with Gasteiger partial charge in [0.05, 0.1) is 0 Å². The van der Waals surface area contributed by atoms with Gasteiger partial charge in [-0.25, -0.2) is 4.39 Å². The molecule has 0 atom stereocenters. The first-order chi connectivity index (χ1) is 7.59. The number of aryl methyl sites for hydroxylation is 1. The number of hydrogen-bond donors (Lipinski definition) is 1. The van der Waals surface area contributed by atoms with Crippen LogP contribution in [-0.2, 0) is 0 Å². The molecule has 1 aromatic heterocycles. The van der Waals surface area contributed by atoms with Gasteiger partial charge in [0, 0.05) is 23.0 Å². The second kappa shape index (κ2) is 3.89. The van der Waals surface area contributed by atoms with Gasteiger partial charge in [0.25, 0.3) is 0 Å². The van der Waals surface area contributed by atoms with Crippen molar-refractivity contribution in [1.82, 2.24) is 4.98 Å². The average molecular weight is 221 g/mol. The number of hydrogen-bond acceptors (Lipinski definition) is 2. The predicted molar refractivity (Wildman–Crippen MR) is 56.0 cm³/mol. The van der Waals surface area contributed by atoms with Crippen molar-refractivity contribution < 1.29 is 13.9 Å². The van der Waals surface area contributed by atoms with Crippen LogP contribution in [0.4, 0.5) is 8.78 Å². The summed E-state index contributed by atoms with van der Waals surface area (Å²) >= 11 is 0. The Morgan fingerprint density at radius 3 is 2.44 bits per heavy atom. The summed E-state index contributed by atoms with van der Waals surface area (Å²) in [5.41, 5.74) is 1.35. The van der Waals surface area contributed by atoms with Crippen LogP contribution in [0.3, 0.4) is 0 Å². The Morgan fingerprint density at radius 1 is 1.06 bits per heavy atom. The molecular formula is C12H9F2NO. The van der Waals surface area contributed by atoms with E-state index in [9.17, 15) is 8.78 Å². The molecule has 0 aliphatic carbocycles. The topological polar surface area (TPSA) is 33.1 Å². The van der Waals surface area contributed by atoms with Gasteiger partial charge in [-0.15, -0.1) is 0 Å². The summed E-state index contributed by atoms with van der Waals surface area (Å²) in [6, 6.07) is 5.80. The van der Waals surface area contributed by atoms with Crippen molar-refractivity contribution in [1.29, 1.82) is 0 Å². The lowest BCUT2D eigenvalue weighted by atomic mass is 10.1. The lowest BCUT2D eigenvalue weighted by Gasteiger charge is -2.05. The normalized spacial score (nSPS) is 10.4. The van der Waals surface area contributed by atoms with Gasteiger partial charge >= 0.3 is 0 Å². The molecule has 0 amide bonds. The van der Waals surface area contributed by atoms with E-state index in [2.05, 4.69) is 4.98 Å². The summed E-state index contributed by atoms with van der Waals surface area (Å²) in [6.45, 7) is 1.80. The Balaban J connectivity index is 2.57. The first kappa shape index (κ1) is 10.5. The van der Waals surface area contributed by atoms with Crippen LogP contribution in [0.1, 0.15) is 5.69 Å². The van der Waals surface area contributed by atoms with Crippen molar-refractivity contribution >= 4 is 0 Å². The molecule has 4 heteroatoms. The highest BCUT2D eigenvalue weighted by molar-refractivity contribution is 5.64. The maximum atomic E-state index is 13.5. The molecule has 1 aromatic carbocycles. The summed E-state index contributed by atoms with van der Waals surface area (Å²) in [5.74, 6) is -3.00. The number of pyridine rings is 1. The summed E-state index contributed by atoms with van der Waals surface area (Å²) < 4.78 is 26.6. The minimum atomic E-state index is -1.24. The molecular weight excluding hydrogens is 212 g/mol. The van der Waals surface area contributed by atoms with Crippen LogP contribution in [0.25, 0.3) is 11.1 Å². The number of aromatic hydroxyl groups is 1. The number of nitrogens with zero attached hydrogens (tertiary/aromatic N) is 1. The molecule has 0 saturated heterocycles. The molecule has 0 radical (unpaired) electrons. The highest BCUT2D eigenvalue weighted by Crippen LogP contribution is 2.28. The van der Waals surface area contributed by atoms with Crippen LogP contribution < -0.4 is 0 Å². The zero-order chi connectivity index (χ0) is 11.7. The van der Waals surface area contributed by atoms with Crippen LogP contribution >= 0.6 is 0 Å². The SMILES string of the molecule is Cc1ccc(-c2ccc(O)c(F)c2F)cn1. The maximum absolute atomic E-state index is 13.5. The van der Waals surface area contributed by atoms with Crippen molar-refractivity contribution in [2.75, 3.05) is 0 Å². The quantitative estimate of drug-likeness (QED) is 0.802. The molecule has 0 saturated carbocycles. The average Bonchev–Trinajstić information content (AvgIpc) is 2.28. The predicted octanol–water partition coefficient (Wildman–Crippen LogP) is 3.04. The number of phenols is 1. The molecule has 16 heavy (non-hydrogen) atoms. The van der Waals surface area contributed by atoms with Gasteiger partial charge in [0.1, 0.15) is 0 Å². The van der Waals surface area contributed by atoms with Gasteiger partial charge in [0.15, 0.2) is 11.6 Å². The molecule has 0 aliphatic heterocycles. The molecule has 82 valence electrons. The van der Waals surface area contributed by atoms with Gasteiger partial charge in [0.2, 0.25) is 5.82 Å². The van der Waals surface area contributed by atoms with Gasteiger partial charge in [-0.2, -0.15) is 4.39 Å². The Kier molecular flexibility index (Phi) is 2.56. The largest absolute Gasteiger partial charge is 0.505 e. The molecule has 2 nitrogen and oxygen atoms in total. The van der Waals surface area contributed by atoms with Crippen molar-refractivity contribution in [3.8, 4) is 16.9 Å². The Labute approximate surface area is 91.2 Å². The lowest BCUT2D eigenvalue weighted by molar-refractivity contribution is 0.408. The van der Waals surface area contributed by atoms with E-state index in [0.29, 0.717) is 5.56 Å². The third kappa shape index (κ3) is 1.74. The number of halogens is 2. The van der Waals surface area contributed by atoms with E-state index in [1.807, 2.05) is 0 Å². The maximum Gasteiger partial charge on any atom is 0.200 e. The summed E-state index contributed by atoms with van der Waals surface area (Å²) in [7, 11) is 0. The molecule has 0 spiro atoms. The molecule has 0 unspecified atom stereocenters. The van der Waals surface area contributed by atoms with Crippen LogP contribution in [-0.4, -0.2) is 10.1 Å². The number of rotatable bonds is 1. The van der Waals surface area contributed by atoms with Gasteiger partial charge in [-0.3, -0.25) is 4.98 Å². The molecule has 2 aromatic rings. The third-order valence-corrected chi connectivity index (χ3v) is 2.28. The van der Waals surface area contributed by atoms with E-state index in [4.69, 9.17) is 5.11 Å². The summed E-state index contributed by atoms with van der Waals surface area (Å²) in [6.07, 6.45) is 1.46. The monoisotopic (exact) mass is 221 g/mol. The molecule has 1 heterocycles. The van der Waals surface area contributed by atoms with Crippen molar-refractivity contribution in [2.24, 2.45) is 0 Å². The molecule has 1 N–H and O–H groups in total. The third-order valence-electron chi connectivity index (χ3n) is 2.28. The van der Waals surface area contributed by atoms with E-state index in [1.54, 1.807) is 19.1 Å². The second-order valence-electron chi connectivity index (χ2n) is 3.45. The van der Waals surface area contributed by atoms with Gasteiger partial charge in [-0.1, -0.05) is 6.07 Å². The molecule has 0 bridgehead atoms. The fraction of sp³-hybridized carbons (Fsp3) is 0.0833. The fourth-order valence-electron chi connectivity index (χ4n) is 1.39. The van der Waals surface area contributed by atoms with Gasteiger partial charge in [-0.05, 0) is 25.1 Å². The van der Waals surface area contributed by atoms with Crippen LogP contribution in [0.15, 0.2) is 30.5 Å². The Bertz CT molecular complexity index is 523. The highest BCUT2D eigenvalue weighted by Gasteiger charge is 2.13. The molecule has 0 aliphatic rings. The van der Waals surface area contributed by atoms with Crippen LogP contribution in [0.2, 0.25) is 0 Å². The highest BCUT2D eigenvalue weighted by atomic mass is 19.2. The Morgan fingerprint density at radius 2 is 1.81 bits per heavy atom. The second-order valence-corrected chi connectivity index (χ2v) is 3.45. The van der Waals surface area contributed by atoms with Crippen LogP contribution in [0, 0.1) is 18.6 Å². The van der Waals surface area contributed by atoms with E-state index in [-0.39, 0.29) is 5.56 Å². The first-order valence-corrected chi connectivity index (χ1v) is 4.69. The van der Waals surface area contributed by atoms with E-state index in [1.165, 1.54) is 12.3 Å². The van der Waals surface area contributed by atoms with Crippen LogP contribution in [0.5, 0.6) is 5.75 Å². The zero-order valence-electron chi connectivity index (χ0n) is 8.54. The fourth-order valence-corrected chi connectivity index (χ4v) is 1.39. The smallest absolute Gasteiger partial charge is 0.200 e. The van der Waals surface area contributed by atoms with Gasteiger partial charge < -0.3 is 5.11 Å². The summed E-state index contributed by atoms with van der Waals surface area (Å²) in [4.78, 5) is 4.00. The minimum Gasteiger partial charge on any atom is -0.505 e. The van der Waals surface area contributed by atoms with Crippen molar-refractivity contribution in [3.63, 3.8) is 0 Å².